The molecule has 0 aliphatic heterocycles. The Morgan fingerprint density at radius 3 is 3.00 bits per heavy atom. The second kappa shape index (κ2) is 6.24. The Morgan fingerprint density at radius 1 is 1.42 bits per heavy atom. The number of carbonyl (C=O) groups is 1. The molecule has 0 amide bonds. The molecule has 100 valence electrons. The van der Waals surface area contributed by atoms with Gasteiger partial charge in [0.25, 0.3) is 0 Å². The van der Waals surface area contributed by atoms with Crippen LogP contribution in [-0.4, -0.2) is 29.6 Å². The van der Waals surface area contributed by atoms with Gasteiger partial charge in [0, 0.05) is 13.5 Å². The first-order chi connectivity index (χ1) is 9.17. The highest BCUT2D eigenvalue weighted by atomic mass is 16.5. The summed E-state index contributed by atoms with van der Waals surface area (Å²) in [6.07, 6.45) is 0.721. The van der Waals surface area contributed by atoms with E-state index < -0.39 is 0 Å². The fourth-order valence-corrected chi connectivity index (χ4v) is 1.82. The summed E-state index contributed by atoms with van der Waals surface area (Å²) >= 11 is 0. The van der Waals surface area contributed by atoms with Crippen LogP contribution in [0.3, 0.4) is 0 Å². The predicted molar refractivity (Wildman–Crippen MR) is 68.9 cm³/mol. The van der Waals surface area contributed by atoms with Gasteiger partial charge < -0.3 is 9.26 Å². The van der Waals surface area contributed by atoms with Crippen molar-refractivity contribution >= 4 is 5.78 Å². The number of hydrogen-bond acceptors (Lipinski definition) is 5. The van der Waals surface area contributed by atoms with Crippen LogP contribution in [0, 0.1) is 6.92 Å². The molecular weight excluding hydrogens is 244 g/mol. The highest BCUT2D eigenvalue weighted by Gasteiger charge is 2.11. The van der Waals surface area contributed by atoms with Crippen LogP contribution in [0.5, 0.6) is 0 Å². The van der Waals surface area contributed by atoms with E-state index in [0.29, 0.717) is 18.1 Å². The number of benzene rings is 1. The standard InChI is InChI=1S/C14H16N2O3/c1-10-4-3-5-11(6-10)7-13-15-14(19-16-13)8-12(17)9-18-2/h3-6H,7-9H2,1-2H3. The maximum atomic E-state index is 11.4. The maximum Gasteiger partial charge on any atom is 0.234 e. The van der Waals surface area contributed by atoms with E-state index in [-0.39, 0.29) is 18.8 Å². The van der Waals surface area contributed by atoms with Crippen molar-refractivity contribution in [3.8, 4) is 0 Å². The molecule has 0 aliphatic carbocycles. The first-order valence-electron chi connectivity index (χ1n) is 6.05. The molecule has 0 radical (unpaired) electrons. The SMILES string of the molecule is COCC(=O)Cc1nc(Cc2cccc(C)c2)no1. The van der Waals surface area contributed by atoms with Crippen LogP contribution in [0.1, 0.15) is 22.8 Å². The molecule has 0 spiro atoms. The molecule has 0 fully saturated rings. The lowest BCUT2D eigenvalue weighted by Crippen LogP contribution is -2.09. The lowest BCUT2D eigenvalue weighted by Gasteiger charge is -1.97. The van der Waals surface area contributed by atoms with Gasteiger partial charge >= 0.3 is 0 Å². The molecule has 1 aromatic carbocycles. The van der Waals surface area contributed by atoms with Crippen LogP contribution in [0.2, 0.25) is 0 Å². The Bertz CT molecular complexity index is 563. The van der Waals surface area contributed by atoms with Gasteiger partial charge in [-0.1, -0.05) is 35.0 Å². The third-order valence-corrected chi connectivity index (χ3v) is 2.61. The topological polar surface area (TPSA) is 65.2 Å². The summed E-state index contributed by atoms with van der Waals surface area (Å²) in [5.41, 5.74) is 2.31. The molecule has 19 heavy (non-hydrogen) atoms. The zero-order valence-electron chi connectivity index (χ0n) is 11.0. The fourth-order valence-electron chi connectivity index (χ4n) is 1.82. The predicted octanol–water partition coefficient (Wildman–Crippen LogP) is 1.73. The summed E-state index contributed by atoms with van der Waals surface area (Å²) in [4.78, 5) is 15.6. The molecule has 0 N–H and O–H groups in total. The lowest BCUT2D eigenvalue weighted by molar-refractivity contribution is -0.122. The number of ketones is 1. The number of hydrogen-bond donors (Lipinski definition) is 0. The Labute approximate surface area is 111 Å². The molecular formula is C14H16N2O3. The summed E-state index contributed by atoms with van der Waals surface area (Å²) in [6.45, 7) is 2.10. The molecule has 2 rings (SSSR count). The molecule has 1 aromatic heterocycles. The number of aromatic nitrogens is 2. The average Bonchev–Trinajstić information content (AvgIpc) is 2.76. The molecule has 0 bridgehead atoms. The van der Waals surface area contributed by atoms with Crippen molar-refractivity contribution in [2.75, 3.05) is 13.7 Å². The number of rotatable bonds is 6. The Hall–Kier alpha value is -2.01. The second-order valence-electron chi connectivity index (χ2n) is 4.42. The Balaban J connectivity index is 1.99. The summed E-state index contributed by atoms with van der Waals surface area (Å²) in [5.74, 6) is 0.851. The van der Waals surface area contributed by atoms with Crippen molar-refractivity contribution in [3.05, 3.63) is 47.1 Å². The van der Waals surface area contributed by atoms with Gasteiger partial charge in [0.15, 0.2) is 11.6 Å². The molecule has 0 aliphatic rings. The molecule has 0 saturated carbocycles. The van der Waals surface area contributed by atoms with Crippen molar-refractivity contribution in [1.82, 2.24) is 10.1 Å². The van der Waals surface area contributed by atoms with Crippen molar-refractivity contribution in [2.24, 2.45) is 0 Å². The summed E-state index contributed by atoms with van der Waals surface area (Å²) in [5, 5.41) is 3.88. The minimum Gasteiger partial charge on any atom is -0.377 e. The quantitative estimate of drug-likeness (QED) is 0.791. The Kier molecular flexibility index (Phi) is 4.41. The van der Waals surface area contributed by atoms with Crippen LogP contribution in [-0.2, 0) is 22.4 Å². The van der Waals surface area contributed by atoms with Gasteiger partial charge in [-0.15, -0.1) is 0 Å². The minimum atomic E-state index is -0.0757. The number of aryl methyl sites for hydroxylation is 1. The van der Waals surface area contributed by atoms with E-state index >= 15 is 0 Å². The van der Waals surface area contributed by atoms with Crippen LogP contribution >= 0.6 is 0 Å². The highest BCUT2D eigenvalue weighted by molar-refractivity contribution is 5.81. The zero-order valence-corrected chi connectivity index (χ0v) is 11.0. The van der Waals surface area contributed by atoms with E-state index in [1.165, 1.54) is 12.7 Å². The van der Waals surface area contributed by atoms with Crippen LogP contribution in [0.4, 0.5) is 0 Å². The van der Waals surface area contributed by atoms with E-state index in [9.17, 15) is 4.79 Å². The molecule has 1 heterocycles. The summed E-state index contributed by atoms with van der Waals surface area (Å²) in [6, 6.07) is 8.12. The molecule has 2 aromatic rings. The number of nitrogens with zero attached hydrogens (tertiary/aromatic N) is 2. The van der Waals surface area contributed by atoms with Crippen molar-refractivity contribution in [2.45, 2.75) is 19.8 Å². The average molecular weight is 260 g/mol. The summed E-state index contributed by atoms with van der Waals surface area (Å²) < 4.78 is 9.80. The second-order valence-corrected chi connectivity index (χ2v) is 4.42. The largest absolute Gasteiger partial charge is 0.377 e. The maximum absolute atomic E-state index is 11.4. The number of methoxy groups -OCH3 is 1. The van der Waals surface area contributed by atoms with Gasteiger partial charge in [-0.25, -0.2) is 0 Å². The fraction of sp³-hybridized carbons (Fsp3) is 0.357. The third-order valence-electron chi connectivity index (χ3n) is 2.61. The van der Waals surface area contributed by atoms with E-state index in [1.807, 2.05) is 25.1 Å². The molecule has 0 unspecified atom stereocenters. The van der Waals surface area contributed by atoms with Crippen LogP contribution in [0.15, 0.2) is 28.8 Å². The minimum absolute atomic E-state index is 0.0651. The molecule has 5 nitrogen and oxygen atoms in total. The normalized spacial score (nSPS) is 10.6. The number of carbonyl (C=O) groups excluding carboxylic acids is 1. The van der Waals surface area contributed by atoms with Crippen molar-refractivity contribution in [1.29, 1.82) is 0 Å². The van der Waals surface area contributed by atoms with E-state index in [0.717, 1.165) is 5.56 Å². The molecule has 0 atom stereocenters. The smallest absolute Gasteiger partial charge is 0.234 e. The monoisotopic (exact) mass is 260 g/mol. The zero-order chi connectivity index (χ0) is 13.7. The van der Waals surface area contributed by atoms with Crippen LogP contribution < -0.4 is 0 Å². The van der Waals surface area contributed by atoms with Crippen molar-refractivity contribution in [3.63, 3.8) is 0 Å². The summed E-state index contributed by atoms with van der Waals surface area (Å²) in [7, 11) is 1.48. The highest BCUT2D eigenvalue weighted by Crippen LogP contribution is 2.09. The van der Waals surface area contributed by atoms with Gasteiger partial charge in [0.2, 0.25) is 5.89 Å². The first-order valence-corrected chi connectivity index (χ1v) is 6.05. The van der Waals surface area contributed by atoms with Gasteiger partial charge in [0.05, 0.1) is 6.42 Å². The molecule has 0 saturated heterocycles. The number of ether oxygens (including phenoxy) is 1. The Morgan fingerprint density at radius 2 is 2.26 bits per heavy atom. The van der Waals surface area contributed by atoms with E-state index in [4.69, 9.17) is 9.26 Å². The molecule has 5 heteroatoms. The van der Waals surface area contributed by atoms with Crippen LogP contribution in [0.25, 0.3) is 0 Å². The third kappa shape index (κ3) is 3.99. The van der Waals surface area contributed by atoms with E-state index in [1.54, 1.807) is 0 Å². The van der Waals surface area contributed by atoms with Gasteiger partial charge in [-0.2, -0.15) is 4.98 Å². The van der Waals surface area contributed by atoms with E-state index in [2.05, 4.69) is 16.2 Å². The van der Waals surface area contributed by atoms with Gasteiger partial charge in [0.1, 0.15) is 6.61 Å². The van der Waals surface area contributed by atoms with Gasteiger partial charge in [-0.3, -0.25) is 4.79 Å². The van der Waals surface area contributed by atoms with Crippen molar-refractivity contribution < 1.29 is 14.1 Å². The first kappa shape index (κ1) is 13.4. The lowest BCUT2D eigenvalue weighted by atomic mass is 10.1. The number of Topliss-reactive ketones (excluding diaryl/α,β-unsaturated/α-hetero) is 1. The van der Waals surface area contributed by atoms with Gasteiger partial charge in [-0.05, 0) is 12.5 Å².